The molecule has 66 heavy (non-hydrogen) atoms. The van der Waals surface area contributed by atoms with Crippen molar-refractivity contribution >= 4 is 30.5 Å². The lowest BCUT2D eigenvalue weighted by atomic mass is 9.92. The smallest absolute Gasteiger partial charge is 0.467 e. The highest BCUT2D eigenvalue weighted by molar-refractivity contribution is 5.72. The quantitative estimate of drug-likeness (QED) is 0.0141. The number of ether oxygens (including phenoxy) is 8. The number of carbonyl (C=O) groups is 5. The van der Waals surface area contributed by atoms with Crippen LogP contribution in [0.5, 0.6) is 0 Å². The highest BCUT2D eigenvalue weighted by atomic mass is 16.7. The zero-order valence-corrected chi connectivity index (χ0v) is 42.3. The molecule has 0 radical (unpaired) electrons. The van der Waals surface area contributed by atoms with Gasteiger partial charge in [0, 0.05) is 32.6 Å². The third-order valence-electron chi connectivity index (χ3n) is 11.2. The summed E-state index contributed by atoms with van der Waals surface area (Å²) >= 11 is 0. The standard InChI is InChI=1S/C52H93NO13/c1-7-13-17-20-22-27-37-60-49(61-38-28-23-21-18-14-8-2)35-34-48(56)65-43-52(41-59-45-54,44-66-51(58)63-40-30-36-53(11-5)12-6)42-64-47(55)33-26-24-29-39-62-50(57)46(31-16-10-4)32-25-19-15-9-3/h13-14,17-18,45-46,49H,7-12,15-16,19-44H2,1-6H3/b17-13-,18-14-. The third-order valence-corrected chi connectivity index (χ3v) is 11.2. The average molecular weight is 940 g/mol. The maximum absolute atomic E-state index is 13.3. The summed E-state index contributed by atoms with van der Waals surface area (Å²) in [5.74, 6) is -1.31. The van der Waals surface area contributed by atoms with Crippen LogP contribution in [0.4, 0.5) is 4.79 Å². The second kappa shape index (κ2) is 45.3. The first kappa shape index (κ1) is 62.5. The highest BCUT2D eigenvalue weighted by Gasteiger charge is 2.37. The van der Waals surface area contributed by atoms with Gasteiger partial charge in [0.25, 0.3) is 6.47 Å². The minimum absolute atomic E-state index is 0.0311. The molecular weight excluding hydrogens is 847 g/mol. The Hall–Kier alpha value is -3.49. The lowest BCUT2D eigenvalue weighted by Gasteiger charge is -2.31. The molecule has 0 amide bonds. The number of hydrogen-bond acceptors (Lipinski definition) is 14. The summed E-state index contributed by atoms with van der Waals surface area (Å²) in [7, 11) is 0. The van der Waals surface area contributed by atoms with Crippen LogP contribution in [0.1, 0.15) is 189 Å². The minimum Gasteiger partial charge on any atom is -0.467 e. The van der Waals surface area contributed by atoms with E-state index in [0.29, 0.717) is 45.5 Å². The molecule has 14 heteroatoms. The molecule has 0 N–H and O–H groups in total. The van der Waals surface area contributed by atoms with Gasteiger partial charge in [-0.2, -0.15) is 0 Å². The predicted octanol–water partition coefficient (Wildman–Crippen LogP) is 11.4. The van der Waals surface area contributed by atoms with Crippen LogP contribution in [0.2, 0.25) is 0 Å². The second-order valence-electron chi connectivity index (χ2n) is 17.1. The van der Waals surface area contributed by atoms with Crippen LogP contribution in [0.3, 0.4) is 0 Å². The fraction of sp³-hybridized carbons (Fsp3) is 0.827. The number of rotatable bonds is 47. The Labute approximate surface area is 399 Å². The van der Waals surface area contributed by atoms with Gasteiger partial charge in [-0.3, -0.25) is 19.2 Å². The Bertz CT molecular complexity index is 1230. The molecule has 0 saturated carbocycles. The van der Waals surface area contributed by atoms with E-state index in [1.165, 1.54) is 6.42 Å². The number of nitrogens with zero attached hydrogens (tertiary/aromatic N) is 1. The van der Waals surface area contributed by atoms with Crippen LogP contribution < -0.4 is 0 Å². The van der Waals surface area contributed by atoms with Crippen molar-refractivity contribution in [1.29, 1.82) is 0 Å². The van der Waals surface area contributed by atoms with E-state index in [0.717, 1.165) is 116 Å². The zero-order chi connectivity index (χ0) is 48.8. The molecule has 2 unspecified atom stereocenters. The molecule has 384 valence electrons. The molecule has 0 saturated heterocycles. The van der Waals surface area contributed by atoms with E-state index in [1.807, 2.05) is 0 Å². The zero-order valence-electron chi connectivity index (χ0n) is 42.3. The van der Waals surface area contributed by atoms with Crippen molar-refractivity contribution in [3.05, 3.63) is 24.3 Å². The SMILES string of the molecule is CC/C=C\CCCCOC(CCC(=O)OCC(COC=O)(COC(=O)CCCCCOC(=O)C(CCCC)CCCCCC)COC(=O)OCCCN(CC)CC)OCCCC/C=C\CC. The first-order valence-corrected chi connectivity index (χ1v) is 25.7. The topological polar surface area (TPSA) is 162 Å². The number of carbonyl (C=O) groups excluding carboxylic acids is 5. The molecule has 0 spiro atoms. The molecule has 0 fully saturated rings. The van der Waals surface area contributed by atoms with E-state index in [1.54, 1.807) is 0 Å². The van der Waals surface area contributed by atoms with Crippen molar-refractivity contribution in [2.45, 2.75) is 196 Å². The lowest BCUT2D eigenvalue weighted by Crippen LogP contribution is -2.43. The maximum atomic E-state index is 13.3. The van der Waals surface area contributed by atoms with Gasteiger partial charge in [0.1, 0.15) is 31.8 Å². The highest BCUT2D eigenvalue weighted by Crippen LogP contribution is 2.23. The summed E-state index contributed by atoms with van der Waals surface area (Å²) in [6.07, 6.45) is 25.5. The van der Waals surface area contributed by atoms with E-state index in [2.05, 4.69) is 70.7 Å². The summed E-state index contributed by atoms with van der Waals surface area (Å²) in [6.45, 7) is 15.2. The molecule has 0 heterocycles. The van der Waals surface area contributed by atoms with Crippen molar-refractivity contribution < 1.29 is 61.9 Å². The van der Waals surface area contributed by atoms with Gasteiger partial charge in [0.15, 0.2) is 6.29 Å². The van der Waals surface area contributed by atoms with E-state index in [9.17, 15) is 24.0 Å². The summed E-state index contributed by atoms with van der Waals surface area (Å²) < 4.78 is 45.0. The van der Waals surface area contributed by atoms with E-state index in [-0.39, 0.29) is 64.0 Å². The normalized spacial score (nSPS) is 13.0. The second-order valence-corrected chi connectivity index (χ2v) is 17.1. The van der Waals surface area contributed by atoms with Crippen LogP contribution in [-0.2, 0) is 57.1 Å². The summed E-state index contributed by atoms with van der Waals surface area (Å²) in [5, 5.41) is 0. The summed E-state index contributed by atoms with van der Waals surface area (Å²) in [4.78, 5) is 65.5. The monoisotopic (exact) mass is 940 g/mol. The van der Waals surface area contributed by atoms with Crippen molar-refractivity contribution in [3.8, 4) is 0 Å². The Morgan fingerprint density at radius 3 is 1.67 bits per heavy atom. The van der Waals surface area contributed by atoms with Crippen LogP contribution in [-0.4, -0.2) is 114 Å². The average Bonchev–Trinajstić information content (AvgIpc) is 3.32. The Morgan fingerprint density at radius 1 is 0.515 bits per heavy atom. The van der Waals surface area contributed by atoms with Crippen molar-refractivity contribution in [2.24, 2.45) is 11.3 Å². The van der Waals surface area contributed by atoms with E-state index < -0.39 is 36.4 Å². The van der Waals surface area contributed by atoms with E-state index in [4.69, 9.17) is 37.9 Å². The molecule has 0 rings (SSSR count). The molecule has 0 aliphatic rings. The van der Waals surface area contributed by atoms with Gasteiger partial charge in [-0.05, 0) is 103 Å². The molecule has 0 aromatic heterocycles. The lowest BCUT2D eigenvalue weighted by molar-refractivity contribution is -0.168. The third kappa shape index (κ3) is 36.6. The first-order chi connectivity index (χ1) is 32.1. The van der Waals surface area contributed by atoms with Gasteiger partial charge in [-0.1, -0.05) is 104 Å². The first-order valence-electron chi connectivity index (χ1n) is 25.7. The van der Waals surface area contributed by atoms with Crippen LogP contribution in [0.15, 0.2) is 24.3 Å². The van der Waals surface area contributed by atoms with Crippen molar-refractivity contribution in [1.82, 2.24) is 4.90 Å². The number of allylic oxidation sites excluding steroid dienone is 4. The number of hydrogen-bond donors (Lipinski definition) is 0. The summed E-state index contributed by atoms with van der Waals surface area (Å²) in [6, 6.07) is 0. The number of unbranched alkanes of at least 4 members (excludes halogenated alkanes) is 10. The molecule has 0 aliphatic carbocycles. The van der Waals surface area contributed by atoms with Gasteiger partial charge in [0.05, 0.1) is 25.6 Å². The molecule has 2 atom stereocenters. The maximum Gasteiger partial charge on any atom is 0.508 e. The fourth-order valence-corrected chi connectivity index (χ4v) is 6.97. The molecular formula is C52H93NO13. The molecule has 0 bridgehead atoms. The van der Waals surface area contributed by atoms with Gasteiger partial charge in [-0.15, -0.1) is 0 Å². The van der Waals surface area contributed by atoms with Gasteiger partial charge < -0.3 is 42.8 Å². The molecule has 0 aromatic rings. The Balaban J connectivity index is 5.55. The van der Waals surface area contributed by atoms with Gasteiger partial charge in [-0.25, -0.2) is 4.79 Å². The van der Waals surface area contributed by atoms with E-state index >= 15 is 0 Å². The number of esters is 3. The Morgan fingerprint density at radius 2 is 1.08 bits per heavy atom. The molecule has 0 aliphatic heterocycles. The summed E-state index contributed by atoms with van der Waals surface area (Å²) in [5.41, 5.74) is -1.42. The largest absolute Gasteiger partial charge is 0.508 e. The van der Waals surface area contributed by atoms with Crippen LogP contribution in [0, 0.1) is 11.3 Å². The molecule has 14 nitrogen and oxygen atoms in total. The van der Waals surface area contributed by atoms with Crippen LogP contribution >= 0.6 is 0 Å². The van der Waals surface area contributed by atoms with Gasteiger partial charge >= 0.3 is 24.1 Å². The van der Waals surface area contributed by atoms with Gasteiger partial charge in [0.2, 0.25) is 0 Å². The van der Waals surface area contributed by atoms with Crippen molar-refractivity contribution in [2.75, 3.05) is 72.5 Å². The minimum atomic E-state index is -1.42. The Kier molecular flexibility index (Phi) is 42.9. The fourth-order valence-electron chi connectivity index (χ4n) is 6.97. The molecule has 0 aromatic carbocycles. The predicted molar refractivity (Wildman–Crippen MR) is 259 cm³/mol. The van der Waals surface area contributed by atoms with Crippen molar-refractivity contribution in [3.63, 3.8) is 0 Å². The van der Waals surface area contributed by atoms with Crippen LogP contribution in [0.25, 0.3) is 0 Å².